The van der Waals surface area contributed by atoms with Crippen LogP contribution in [0.2, 0.25) is 0 Å². The standard InChI is InChI=1S/C22H33N3O3/c1-16-12-17(2)15-25(14-16)10-5-9-23-21(26)18-6-3-7-19(13-18)24-22(27)20-8-4-11-28-20/h3,6-7,13,16-17,20H,4-5,8-12,14-15H2,1-2H3,(H,23,26)(H,24,27)/t16-,17-,20-/m1/s1. The fraction of sp³-hybridized carbons (Fsp3) is 0.636. The lowest BCUT2D eigenvalue weighted by Crippen LogP contribution is -2.40. The summed E-state index contributed by atoms with van der Waals surface area (Å²) in [6, 6.07) is 7.07. The average Bonchev–Trinajstić information content (AvgIpc) is 3.19. The molecule has 154 valence electrons. The summed E-state index contributed by atoms with van der Waals surface area (Å²) in [5.74, 6) is 1.27. The van der Waals surface area contributed by atoms with Gasteiger partial charge in [-0.3, -0.25) is 9.59 Å². The van der Waals surface area contributed by atoms with Crippen LogP contribution in [0.25, 0.3) is 0 Å². The Hall–Kier alpha value is -1.92. The normalized spacial score (nSPS) is 25.4. The van der Waals surface area contributed by atoms with Crippen molar-refractivity contribution < 1.29 is 14.3 Å². The van der Waals surface area contributed by atoms with Crippen LogP contribution in [0.1, 0.15) is 49.9 Å². The van der Waals surface area contributed by atoms with Crippen molar-refractivity contribution in [1.82, 2.24) is 10.2 Å². The molecule has 0 aromatic heterocycles. The highest BCUT2D eigenvalue weighted by Gasteiger charge is 2.24. The number of hydrogen-bond acceptors (Lipinski definition) is 4. The molecule has 0 aliphatic carbocycles. The summed E-state index contributed by atoms with van der Waals surface area (Å²) in [7, 11) is 0. The summed E-state index contributed by atoms with van der Waals surface area (Å²) in [5.41, 5.74) is 1.19. The molecule has 6 heteroatoms. The molecule has 2 N–H and O–H groups in total. The van der Waals surface area contributed by atoms with E-state index in [2.05, 4.69) is 29.4 Å². The molecule has 2 aliphatic rings. The Balaban J connectivity index is 1.42. The zero-order valence-electron chi connectivity index (χ0n) is 17.1. The van der Waals surface area contributed by atoms with E-state index in [1.165, 1.54) is 6.42 Å². The summed E-state index contributed by atoms with van der Waals surface area (Å²) < 4.78 is 5.40. The number of amides is 2. The number of hydrogen-bond donors (Lipinski definition) is 2. The quantitative estimate of drug-likeness (QED) is 0.706. The van der Waals surface area contributed by atoms with Crippen LogP contribution in [0.4, 0.5) is 5.69 Å². The number of piperidine rings is 1. The zero-order valence-corrected chi connectivity index (χ0v) is 17.1. The molecule has 1 aromatic rings. The van der Waals surface area contributed by atoms with E-state index in [0.29, 0.717) is 24.4 Å². The van der Waals surface area contributed by atoms with Crippen LogP contribution < -0.4 is 10.6 Å². The first kappa shape index (κ1) is 20.8. The van der Waals surface area contributed by atoms with Crippen LogP contribution in [-0.2, 0) is 9.53 Å². The largest absolute Gasteiger partial charge is 0.368 e. The molecule has 3 rings (SSSR count). The molecular weight excluding hydrogens is 354 g/mol. The summed E-state index contributed by atoms with van der Waals surface area (Å²) in [6.45, 7) is 9.26. The molecule has 1 aromatic carbocycles. The van der Waals surface area contributed by atoms with Gasteiger partial charge in [0.25, 0.3) is 11.8 Å². The van der Waals surface area contributed by atoms with E-state index in [0.717, 1.165) is 50.7 Å². The Kier molecular flexibility index (Phi) is 7.45. The highest BCUT2D eigenvalue weighted by Crippen LogP contribution is 2.21. The van der Waals surface area contributed by atoms with Crippen LogP contribution >= 0.6 is 0 Å². The molecule has 3 atom stereocenters. The number of anilines is 1. The Bertz CT molecular complexity index is 663. The van der Waals surface area contributed by atoms with Crippen LogP contribution in [0.15, 0.2) is 24.3 Å². The van der Waals surface area contributed by atoms with Gasteiger partial charge in [-0.15, -0.1) is 0 Å². The summed E-state index contributed by atoms with van der Waals surface area (Å²) in [6.07, 6.45) is 3.54. The predicted octanol–water partition coefficient (Wildman–Crippen LogP) is 2.90. The molecule has 0 bridgehead atoms. The third kappa shape index (κ3) is 6.04. The van der Waals surface area contributed by atoms with Crippen molar-refractivity contribution in [3.8, 4) is 0 Å². The molecular formula is C22H33N3O3. The molecule has 0 spiro atoms. The molecule has 28 heavy (non-hydrogen) atoms. The van der Waals surface area contributed by atoms with E-state index in [9.17, 15) is 9.59 Å². The number of nitrogens with zero attached hydrogens (tertiary/aromatic N) is 1. The van der Waals surface area contributed by atoms with E-state index in [4.69, 9.17) is 4.74 Å². The van der Waals surface area contributed by atoms with E-state index in [-0.39, 0.29) is 17.9 Å². The van der Waals surface area contributed by atoms with Gasteiger partial charge >= 0.3 is 0 Å². The van der Waals surface area contributed by atoms with Crippen molar-refractivity contribution in [3.63, 3.8) is 0 Å². The second kappa shape index (κ2) is 10.0. The Morgan fingerprint density at radius 1 is 1.21 bits per heavy atom. The molecule has 0 unspecified atom stereocenters. The molecule has 2 fully saturated rings. The first-order valence-corrected chi connectivity index (χ1v) is 10.5. The van der Waals surface area contributed by atoms with E-state index in [1.807, 2.05) is 0 Å². The lowest BCUT2D eigenvalue weighted by atomic mass is 9.92. The van der Waals surface area contributed by atoms with Crippen LogP contribution in [0.5, 0.6) is 0 Å². The van der Waals surface area contributed by atoms with Gasteiger partial charge in [0, 0.05) is 37.5 Å². The Morgan fingerprint density at radius 2 is 2.00 bits per heavy atom. The van der Waals surface area contributed by atoms with Gasteiger partial charge in [-0.25, -0.2) is 0 Å². The van der Waals surface area contributed by atoms with Gasteiger partial charge in [0.2, 0.25) is 0 Å². The monoisotopic (exact) mass is 387 g/mol. The third-order valence-corrected chi connectivity index (χ3v) is 5.50. The highest BCUT2D eigenvalue weighted by atomic mass is 16.5. The van der Waals surface area contributed by atoms with Crippen molar-refractivity contribution >= 4 is 17.5 Å². The molecule has 2 amide bonds. The summed E-state index contributed by atoms with van der Waals surface area (Å²) in [5, 5.41) is 5.84. The maximum absolute atomic E-state index is 12.4. The Labute approximate surface area is 168 Å². The van der Waals surface area contributed by atoms with Gasteiger partial charge in [-0.2, -0.15) is 0 Å². The third-order valence-electron chi connectivity index (χ3n) is 5.50. The number of carbonyl (C=O) groups excluding carboxylic acids is 2. The Morgan fingerprint density at radius 3 is 2.71 bits per heavy atom. The first-order chi connectivity index (χ1) is 13.5. The number of likely N-dealkylation sites (tertiary alicyclic amines) is 1. The average molecular weight is 388 g/mol. The zero-order chi connectivity index (χ0) is 19.9. The smallest absolute Gasteiger partial charge is 0.253 e. The fourth-order valence-corrected chi connectivity index (χ4v) is 4.33. The van der Waals surface area contributed by atoms with Crippen molar-refractivity contribution in [1.29, 1.82) is 0 Å². The number of carbonyl (C=O) groups is 2. The van der Waals surface area contributed by atoms with Gasteiger partial charge in [-0.05, 0) is 62.3 Å². The van der Waals surface area contributed by atoms with Gasteiger partial charge in [-0.1, -0.05) is 19.9 Å². The number of benzene rings is 1. The van der Waals surface area contributed by atoms with E-state index < -0.39 is 0 Å². The lowest BCUT2D eigenvalue weighted by molar-refractivity contribution is -0.124. The minimum absolute atomic E-state index is 0.103. The molecule has 6 nitrogen and oxygen atoms in total. The maximum atomic E-state index is 12.4. The molecule has 2 saturated heterocycles. The number of rotatable bonds is 7. The second-order valence-electron chi connectivity index (χ2n) is 8.39. The van der Waals surface area contributed by atoms with Gasteiger partial charge in [0.05, 0.1) is 0 Å². The topological polar surface area (TPSA) is 70.7 Å². The minimum Gasteiger partial charge on any atom is -0.368 e. The van der Waals surface area contributed by atoms with E-state index >= 15 is 0 Å². The summed E-state index contributed by atoms with van der Waals surface area (Å²) in [4.78, 5) is 27.1. The van der Waals surface area contributed by atoms with Crippen molar-refractivity contribution in [3.05, 3.63) is 29.8 Å². The minimum atomic E-state index is -0.377. The van der Waals surface area contributed by atoms with E-state index in [1.54, 1.807) is 24.3 Å². The molecule has 2 heterocycles. The fourth-order valence-electron chi connectivity index (χ4n) is 4.33. The first-order valence-electron chi connectivity index (χ1n) is 10.5. The molecule has 0 saturated carbocycles. The van der Waals surface area contributed by atoms with Crippen molar-refractivity contribution in [2.45, 2.75) is 45.6 Å². The lowest BCUT2D eigenvalue weighted by Gasteiger charge is -2.34. The van der Waals surface area contributed by atoms with Crippen LogP contribution in [-0.4, -0.2) is 55.6 Å². The summed E-state index contributed by atoms with van der Waals surface area (Å²) >= 11 is 0. The van der Waals surface area contributed by atoms with Gasteiger partial charge in [0.1, 0.15) is 6.10 Å². The van der Waals surface area contributed by atoms with Crippen LogP contribution in [0, 0.1) is 11.8 Å². The molecule has 0 radical (unpaired) electrons. The maximum Gasteiger partial charge on any atom is 0.253 e. The predicted molar refractivity (Wildman–Crippen MR) is 110 cm³/mol. The van der Waals surface area contributed by atoms with Crippen molar-refractivity contribution in [2.24, 2.45) is 11.8 Å². The number of nitrogens with one attached hydrogen (secondary N) is 2. The van der Waals surface area contributed by atoms with Gasteiger partial charge < -0.3 is 20.3 Å². The van der Waals surface area contributed by atoms with Gasteiger partial charge in [0.15, 0.2) is 0 Å². The van der Waals surface area contributed by atoms with Crippen molar-refractivity contribution in [2.75, 3.05) is 38.1 Å². The SMILES string of the molecule is C[C@@H]1C[C@@H](C)CN(CCCNC(=O)c2cccc(NC(=O)[C@H]3CCCO3)c2)C1. The number of ether oxygens (including phenoxy) is 1. The highest BCUT2D eigenvalue weighted by molar-refractivity contribution is 5.98. The second-order valence-corrected chi connectivity index (χ2v) is 8.39. The van der Waals surface area contributed by atoms with Crippen LogP contribution in [0.3, 0.4) is 0 Å². The molecule has 2 aliphatic heterocycles.